The Labute approximate surface area is 113 Å². The van der Waals surface area contributed by atoms with E-state index in [0.717, 1.165) is 14.1 Å². The molecule has 20 heavy (non-hydrogen) atoms. The topological polar surface area (TPSA) is 86.7 Å². The lowest BCUT2D eigenvalue weighted by atomic mass is 10.1. The van der Waals surface area contributed by atoms with Crippen LogP contribution in [0.4, 0.5) is 18.9 Å². The molecule has 0 fully saturated rings. The third-order valence-electron chi connectivity index (χ3n) is 2.30. The Morgan fingerprint density at radius 2 is 1.85 bits per heavy atom. The van der Waals surface area contributed by atoms with Crippen molar-refractivity contribution in [2.45, 2.75) is 6.18 Å². The highest BCUT2D eigenvalue weighted by molar-refractivity contribution is 7.90. The number of hydrogen-bond acceptors (Lipinski definition) is 3. The standard InChI is InChI=1S/C10H11F3N2O4S/c1-15(2)20(18,19)14-8-5-6(10(11,12)13)3-4-7(8)9(16)17/h3-5,14H,1-2H3,(H,16,17). The van der Waals surface area contributed by atoms with Crippen molar-refractivity contribution in [3.05, 3.63) is 29.3 Å². The average Bonchev–Trinajstić information content (AvgIpc) is 2.26. The molecule has 0 atom stereocenters. The minimum Gasteiger partial charge on any atom is -0.478 e. The number of carboxylic acids is 1. The molecular formula is C10H11F3N2O4S. The number of nitrogens with zero attached hydrogens (tertiary/aromatic N) is 1. The molecule has 2 N–H and O–H groups in total. The molecule has 1 rings (SSSR count). The van der Waals surface area contributed by atoms with E-state index in [9.17, 15) is 26.4 Å². The molecule has 0 radical (unpaired) electrons. The highest BCUT2D eigenvalue weighted by Crippen LogP contribution is 2.32. The Kier molecular flexibility index (Phi) is 4.30. The van der Waals surface area contributed by atoms with Gasteiger partial charge in [-0.15, -0.1) is 0 Å². The van der Waals surface area contributed by atoms with Crippen molar-refractivity contribution in [3.8, 4) is 0 Å². The number of benzene rings is 1. The predicted molar refractivity (Wildman–Crippen MR) is 64.6 cm³/mol. The molecule has 6 nitrogen and oxygen atoms in total. The van der Waals surface area contributed by atoms with Crippen LogP contribution >= 0.6 is 0 Å². The summed E-state index contributed by atoms with van der Waals surface area (Å²) in [5, 5.41) is 8.87. The van der Waals surface area contributed by atoms with Crippen LogP contribution in [0.3, 0.4) is 0 Å². The van der Waals surface area contributed by atoms with E-state index in [4.69, 9.17) is 5.11 Å². The first kappa shape index (κ1) is 16.2. The van der Waals surface area contributed by atoms with E-state index >= 15 is 0 Å². The van der Waals surface area contributed by atoms with Gasteiger partial charge in [0.05, 0.1) is 16.8 Å². The maximum absolute atomic E-state index is 12.6. The number of halogens is 3. The summed E-state index contributed by atoms with van der Waals surface area (Å²) in [4.78, 5) is 10.9. The summed E-state index contributed by atoms with van der Waals surface area (Å²) >= 11 is 0. The molecule has 0 aliphatic rings. The fourth-order valence-electron chi connectivity index (χ4n) is 1.22. The lowest BCUT2D eigenvalue weighted by Crippen LogP contribution is -2.29. The van der Waals surface area contributed by atoms with Gasteiger partial charge in [-0.3, -0.25) is 4.72 Å². The molecule has 0 spiro atoms. The zero-order valence-corrected chi connectivity index (χ0v) is 11.2. The van der Waals surface area contributed by atoms with Crippen molar-refractivity contribution >= 4 is 21.9 Å². The third-order valence-corrected chi connectivity index (χ3v) is 3.74. The summed E-state index contributed by atoms with van der Waals surface area (Å²) in [5.41, 5.74) is -2.39. The van der Waals surface area contributed by atoms with Crippen LogP contribution in [0.25, 0.3) is 0 Å². The number of rotatable bonds is 4. The molecule has 0 aromatic heterocycles. The first-order chi connectivity index (χ1) is 8.95. The summed E-state index contributed by atoms with van der Waals surface area (Å²) in [6.45, 7) is 0. The summed E-state index contributed by atoms with van der Waals surface area (Å²) in [5.74, 6) is -1.55. The van der Waals surface area contributed by atoms with Crippen molar-refractivity contribution in [1.82, 2.24) is 4.31 Å². The minimum absolute atomic E-state index is 0.435. The monoisotopic (exact) mass is 312 g/mol. The van der Waals surface area contributed by atoms with E-state index in [1.807, 2.05) is 0 Å². The van der Waals surface area contributed by atoms with Crippen LogP contribution in [-0.2, 0) is 16.4 Å². The van der Waals surface area contributed by atoms with E-state index in [-0.39, 0.29) is 0 Å². The Hall–Kier alpha value is -1.81. The number of hydrogen-bond donors (Lipinski definition) is 2. The van der Waals surface area contributed by atoms with Gasteiger partial charge in [0, 0.05) is 14.1 Å². The fourth-order valence-corrected chi connectivity index (χ4v) is 1.85. The maximum Gasteiger partial charge on any atom is 0.416 e. The van der Waals surface area contributed by atoms with Crippen LogP contribution in [-0.4, -0.2) is 37.9 Å². The van der Waals surface area contributed by atoms with E-state index < -0.39 is 39.2 Å². The second-order valence-corrected chi connectivity index (χ2v) is 5.84. The second kappa shape index (κ2) is 5.29. The number of nitrogens with one attached hydrogen (secondary N) is 1. The summed E-state index contributed by atoms with van der Waals surface area (Å²) < 4.78 is 63.3. The van der Waals surface area contributed by atoms with Gasteiger partial charge in [-0.2, -0.15) is 25.9 Å². The molecule has 112 valence electrons. The smallest absolute Gasteiger partial charge is 0.416 e. The number of alkyl halides is 3. The Bertz CT molecular complexity index is 626. The Morgan fingerprint density at radius 3 is 2.25 bits per heavy atom. The highest BCUT2D eigenvalue weighted by Gasteiger charge is 2.32. The van der Waals surface area contributed by atoms with Crippen molar-refractivity contribution in [3.63, 3.8) is 0 Å². The first-order valence-corrected chi connectivity index (χ1v) is 6.54. The zero-order valence-electron chi connectivity index (χ0n) is 10.4. The van der Waals surface area contributed by atoms with Gasteiger partial charge >= 0.3 is 22.4 Å². The van der Waals surface area contributed by atoms with Crippen molar-refractivity contribution in [2.24, 2.45) is 0 Å². The van der Waals surface area contributed by atoms with Gasteiger partial charge in [0.15, 0.2) is 0 Å². The van der Waals surface area contributed by atoms with Crippen molar-refractivity contribution in [1.29, 1.82) is 0 Å². The van der Waals surface area contributed by atoms with Gasteiger partial charge in [-0.1, -0.05) is 0 Å². The summed E-state index contributed by atoms with van der Waals surface area (Å²) in [7, 11) is -1.82. The molecule has 0 bridgehead atoms. The SMILES string of the molecule is CN(C)S(=O)(=O)Nc1cc(C(F)(F)F)ccc1C(=O)O. The normalized spacial score (nSPS) is 12.5. The molecule has 1 aromatic rings. The van der Waals surface area contributed by atoms with Gasteiger partial charge < -0.3 is 5.11 Å². The summed E-state index contributed by atoms with van der Waals surface area (Å²) in [6.07, 6.45) is -4.71. The molecule has 0 unspecified atom stereocenters. The van der Waals surface area contributed by atoms with Crippen molar-refractivity contribution < 1.29 is 31.5 Å². The molecule has 0 heterocycles. The van der Waals surface area contributed by atoms with Crippen LogP contribution < -0.4 is 4.72 Å². The zero-order chi connectivity index (χ0) is 15.7. The van der Waals surface area contributed by atoms with E-state index in [2.05, 4.69) is 0 Å². The molecule has 0 aliphatic heterocycles. The van der Waals surface area contributed by atoms with Gasteiger partial charge in [0.1, 0.15) is 0 Å². The lowest BCUT2D eigenvalue weighted by Gasteiger charge is -2.16. The molecule has 0 saturated heterocycles. The first-order valence-electron chi connectivity index (χ1n) is 5.10. The molecule has 0 amide bonds. The van der Waals surface area contributed by atoms with Crippen LogP contribution in [0, 0.1) is 0 Å². The van der Waals surface area contributed by atoms with Gasteiger partial charge in [-0.05, 0) is 18.2 Å². The van der Waals surface area contributed by atoms with E-state index in [0.29, 0.717) is 22.5 Å². The predicted octanol–water partition coefficient (Wildman–Crippen LogP) is 1.62. The van der Waals surface area contributed by atoms with E-state index in [1.165, 1.54) is 0 Å². The van der Waals surface area contributed by atoms with Crippen LogP contribution in [0.5, 0.6) is 0 Å². The number of carbonyl (C=O) groups is 1. The minimum atomic E-state index is -4.71. The average molecular weight is 312 g/mol. The van der Waals surface area contributed by atoms with Crippen LogP contribution in [0.15, 0.2) is 18.2 Å². The molecule has 0 saturated carbocycles. The molecular weight excluding hydrogens is 301 g/mol. The Balaban J connectivity index is 3.38. The van der Waals surface area contributed by atoms with Gasteiger partial charge in [-0.25, -0.2) is 4.79 Å². The number of aromatic carboxylic acids is 1. The highest BCUT2D eigenvalue weighted by atomic mass is 32.2. The van der Waals surface area contributed by atoms with Crippen LogP contribution in [0.2, 0.25) is 0 Å². The number of carboxylic acid groups (broad SMARTS) is 1. The largest absolute Gasteiger partial charge is 0.478 e. The fraction of sp³-hybridized carbons (Fsp3) is 0.300. The van der Waals surface area contributed by atoms with Gasteiger partial charge in [0.2, 0.25) is 0 Å². The maximum atomic E-state index is 12.6. The van der Waals surface area contributed by atoms with Crippen molar-refractivity contribution in [2.75, 3.05) is 18.8 Å². The lowest BCUT2D eigenvalue weighted by molar-refractivity contribution is -0.137. The molecule has 1 aromatic carbocycles. The van der Waals surface area contributed by atoms with E-state index in [1.54, 1.807) is 4.72 Å². The van der Waals surface area contributed by atoms with Crippen LogP contribution in [0.1, 0.15) is 15.9 Å². The number of anilines is 1. The van der Waals surface area contributed by atoms with Gasteiger partial charge in [0.25, 0.3) is 0 Å². The molecule has 10 heteroatoms. The third kappa shape index (κ3) is 3.61. The summed E-state index contributed by atoms with van der Waals surface area (Å²) in [6, 6.07) is 1.69. The quantitative estimate of drug-likeness (QED) is 0.884. The Morgan fingerprint density at radius 1 is 1.30 bits per heavy atom. The second-order valence-electron chi connectivity index (χ2n) is 3.95. The molecule has 0 aliphatic carbocycles.